The lowest BCUT2D eigenvalue weighted by Crippen LogP contribution is -2.26. The summed E-state index contributed by atoms with van der Waals surface area (Å²) in [5.74, 6) is 0.852. The summed E-state index contributed by atoms with van der Waals surface area (Å²) in [6.07, 6.45) is 1.96. The summed E-state index contributed by atoms with van der Waals surface area (Å²) in [6, 6.07) is 0. The predicted molar refractivity (Wildman–Crippen MR) is 70.5 cm³/mol. The molecule has 2 rings (SSSR count). The molecule has 98 valence electrons. The van der Waals surface area contributed by atoms with Crippen molar-refractivity contribution in [2.45, 2.75) is 40.5 Å². The molecule has 1 atom stereocenters. The van der Waals surface area contributed by atoms with Gasteiger partial charge in [-0.3, -0.25) is 0 Å². The van der Waals surface area contributed by atoms with Crippen LogP contribution in [0.5, 0.6) is 0 Å². The van der Waals surface area contributed by atoms with Gasteiger partial charge in [-0.15, -0.1) is 0 Å². The normalized spacial score (nSPS) is 31.6. The fourth-order valence-electron chi connectivity index (χ4n) is 2.46. The van der Waals surface area contributed by atoms with Crippen molar-refractivity contribution in [3.05, 3.63) is 0 Å². The summed E-state index contributed by atoms with van der Waals surface area (Å²) in [7, 11) is -0.619. The molecule has 3 nitrogen and oxygen atoms in total. The Balaban J connectivity index is 0.000000509. The van der Waals surface area contributed by atoms with Crippen LogP contribution in [-0.4, -0.2) is 45.0 Å². The van der Waals surface area contributed by atoms with Gasteiger partial charge in [0.2, 0.25) is 0 Å². The standard InChI is InChI=1S/C8H15NO2S.2C2H6/c1-9-4-2-8(6-9)3-5-12(10,11)7-8;2*1-2/h2-7H2,1H3;2*1-2H3. The van der Waals surface area contributed by atoms with Crippen LogP contribution in [0.15, 0.2) is 0 Å². The summed E-state index contributed by atoms with van der Waals surface area (Å²) in [6.45, 7) is 10.0. The van der Waals surface area contributed by atoms with Gasteiger partial charge in [-0.25, -0.2) is 8.42 Å². The molecule has 2 fully saturated rings. The van der Waals surface area contributed by atoms with Crippen molar-refractivity contribution in [2.75, 3.05) is 31.6 Å². The highest BCUT2D eigenvalue weighted by Crippen LogP contribution is 2.39. The van der Waals surface area contributed by atoms with Crippen LogP contribution in [0.4, 0.5) is 0 Å². The first kappa shape index (κ1) is 15.9. The molecule has 2 aliphatic heterocycles. The van der Waals surface area contributed by atoms with Crippen molar-refractivity contribution >= 4 is 9.84 Å². The molecule has 0 saturated carbocycles. The van der Waals surface area contributed by atoms with E-state index in [2.05, 4.69) is 11.9 Å². The Bertz CT molecular complexity index is 287. The molecule has 0 bridgehead atoms. The van der Waals surface area contributed by atoms with E-state index in [1.807, 2.05) is 27.7 Å². The number of nitrogens with zero attached hydrogens (tertiary/aromatic N) is 1. The fourth-order valence-corrected chi connectivity index (χ4v) is 4.66. The molecule has 1 spiro atoms. The molecule has 2 aliphatic rings. The van der Waals surface area contributed by atoms with Gasteiger partial charge in [0.05, 0.1) is 11.5 Å². The van der Waals surface area contributed by atoms with E-state index >= 15 is 0 Å². The highest BCUT2D eigenvalue weighted by molar-refractivity contribution is 7.91. The SMILES string of the molecule is CC.CC.CN1CCC2(CCS(=O)(=O)C2)C1. The van der Waals surface area contributed by atoms with Crippen molar-refractivity contribution in [2.24, 2.45) is 5.41 Å². The zero-order valence-corrected chi connectivity index (χ0v) is 12.2. The lowest BCUT2D eigenvalue weighted by Gasteiger charge is -2.19. The molecule has 0 aromatic carbocycles. The van der Waals surface area contributed by atoms with Gasteiger partial charge in [-0.1, -0.05) is 27.7 Å². The average molecular weight is 249 g/mol. The van der Waals surface area contributed by atoms with Gasteiger partial charge in [0.15, 0.2) is 9.84 Å². The third-order valence-corrected chi connectivity index (χ3v) is 4.98. The first-order valence-corrected chi connectivity index (χ1v) is 8.23. The molecule has 0 N–H and O–H groups in total. The number of sulfone groups is 1. The monoisotopic (exact) mass is 249 g/mol. The van der Waals surface area contributed by atoms with E-state index < -0.39 is 9.84 Å². The van der Waals surface area contributed by atoms with Crippen LogP contribution in [0.2, 0.25) is 0 Å². The number of likely N-dealkylation sites (tertiary alicyclic amines) is 1. The third kappa shape index (κ3) is 4.06. The van der Waals surface area contributed by atoms with Gasteiger partial charge < -0.3 is 4.90 Å². The minimum atomic E-state index is -2.69. The Kier molecular flexibility index (Phi) is 6.56. The first-order valence-electron chi connectivity index (χ1n) is 6.40. The number of hydrogen-bond donors (Lipinski definition) is 0. The van der Waals surface area contributed by atoms with Crippen LogP contribution in [0.1, 0.15) is 40.5 Å². The quantitative estimate of drug-likeness (QED) is 0.660. The van der Waals surface area contributed by atoms with E-state index in [1.54, 1.807) is 0 Å². The molecule has 16 heavy (non-hydrogen) atoms. The molecule has 0 aromatic rings. The molecular formula is C12H27NO2S. The maximum absolute atomic E-state index is 11.3. The van der Waals surface area contributed by atoms with E-state index in [-0.39, 0.29) is 5.41 Å². The van der Waals surface area contributed by atoms with Crippen molar-refractivity contribution in [1.82, 2.24) is 4.90 Å². The highest BCUT2D eigenvalue weighted by atomic mass is 32.2. The minimum Gasteiger partial charge on any atom is -0.306 e. The van der Waals surface area contributed by atoms with Gasteiger partial charge in [0.1, 0.15) is 0 Å². The Morgan fingerprint density at radius 3 is 1.94 bits per heavy atom. The average Bonchev–Trinajstić information content (AvgIpc) is 2.77. The summed E-state index contributed by atoms with van der Waals surface area (Å²) in [5, 5.41) is 0. The highest BCUT2D eigenvalue weighted by Gasteiger charge is 2.45. The second kappa shape index (κ2) is 6.60. The number of hydrogen-bond acceptors (Lipinski definition) is 3. The fraction of sp³-hybridized carbons (Fsp3) is 1.00. The second-order valence-electron chi connectivity index (χ2n) is 4.33. The van der Waals surface area contributed by atoms with Crippen LogP contribution in [0.25, 0.3) is 0 Å². The van der Waals surface area contributed by atoms with Crippen molar-refractivity contribution in [3.8, 4) is 0 Å². The van der Waals surface area contributed by atoms with Crippen LogP contribution in [0, 0.1) is 5.41 Å². The smallest absolute Gasteiger partial charge is 0.150 e. The maximum Gasteiger partial charge on any atom is 0.150 e. The van der Waals surface area contributed by atoms with Gasteiger partial charge in [-0.05, 0) is 31.8 Å². The summed E-state index contributed by atoms with van der Waals surface area (Å²) in [4.78, 5) is 2.24. The second-order valence-corrected chi connectivity index (χ2v) is 6.51. The molecule has 0 amide bonds. The molecular weight excluding hydrogens is 222 g/mol. The van der Waals surface area contributed by atoms with Gasteiger partial charge in [0, 0.05) is 6.54 Å². The molecule has 2 saturated heterocycles. The summed E-state index contributed by atoms with van der Waals surface area (Å²) < 4.78 is 22.6. The van der Waals surface area contributed by atoms with Crippen LogP contribution in [-0.2, 0) is 9.84 Å². The topological polar surface area (TPSA) is 37.4 Å². The van der Waals surface area contributed by atoms with Crippen molar-refractivity contribution < 1.29 is 8.42 Å². The number of rotatable bonds is 0. The van der Waals surface area contributed by atoms with E-state index in [0.29, 0.717) is 11.5 Å². The van der Waals surface area contributed by atoms with Gasteiger partial charge >= 0.3 is 0 Å². The van der Waals surface area contributed by atoms with E-state index in [1.165, 1.54) is 0 Å². The Morgan fingerprint density at radius 2 is 1.62 bits per heavy atom. The third-order valence-electron chi connectivity index (χ3n) is 3.10. The summed E-state index contributed by atoms with van der Waals surface area (Å²) in [5.41, 5.74) is 0.133. The lowest BCUT2D eigenvalue weighted by atomic mass is 9.87. The van der Waals surface area contributed by atoms with E-state index in [9.17, 15) is 8.42 Å². The maximum atomic E-state index is 11.3. The zero-order valence-electron chi connectivity index (χ0n) is 11.4. The molecule has 0 aliphatic carbocycles. The largest absolute Gasteiger partial charge is 0.306 e. The van der Waals surface area contributed by atoms with Gasteiger partial charge in [-0.2, -0.15) is 0 Å². The summed E-state index contributed by atoms with van der Waals surface area (Å²) >= 11 is 0. The molecule has 0 aromatic heterocycles. The minimum absolute atomic E-state index is 0.133. The molecule has 4 heteroatoms. The van der Waals surface area contributed by atoms with E-state index in [0.717, 1.165) is 25.9 Å². The zero-order chi connectivity index (χ0) is 12.8. The Labute approximate surface area is 101 Å². The first-order chi connectivity index (χ1) is 7.52. The van der Waals surface area contributed by atoms with Crippen molar-refractivity contribution in [1.29, 1.82) is 0 Å². The molecule has 2 heterocycles. The van der Waals surface area contributed by atoms with Crippen LogP contribution >= 0.6 is 0 Å². The van der Waals surface area contributed by atoms with E-state index in [4.69, 9.17) is 0 Å². The van der Waals surface area contributed by atoms with Crippen molar-refractivity contribution in [3.63, 3.8) is 0 Å². The Morgan fingerprint density at radius 1 is 1.06 bits per heavy atom. The van der Waals surface area contributed by atoms with Crippen LogP contribution in [0.3, 0.4) is 0 Å². The lowest BCUT2D eigenvalue weighted by molar-refractivity contribution is 0.317. The van der Waals surface area contributed by atoms with Crippen LogP contribution < -0.4 is 0 Å². The Hall–Kier alpha value is -0.0900. The predicted octanol–water partition coefficient (Wildman–Crippen LogP) is 2.18. The molecule has 1 unspecified atom stereocenters. The molecule has 0 radical (unpaired) electrons. The van der Waals surface area contributed by atoms with Gasteiger partial charge in [0.25, 0.3) is 0 Å².